The van der Waals surface area contributed by atoms with Gasteiger partial charge in [-0.2, -0.15) is 0 Å². The van der Waals surface area contributed by atoms with E-state index in [1.54, 1.807) is 12.1 Å². The topological polar surface area (TPSA) is 59.3 Å². The number of halogens is 2. The third kappa shape index (κ3) is 4.53. The standard InChI is InChI=1S/C17H15F2NO3S2/c18-13-5-6-15(19)12(9-13)11-25(21,22)20-10-14(16-3-1-7-23-16)17-4-2-8-24-17/h1-9,14,20H,10-11H2/t14-/m1/s1. The third-order valence-corrected chi connectivity index (χ3v) is 5.92. The molecule has 1 N–H and O–H groups in total. The van der Waals surface area contributed by atoms with Gasteiger partial charge in [0, 0.05) is 17.0 Å². The van der Waals surface area contributed by atoms with Crippen molar-refractivity contribution in [2.24, 2.45) is 0 Å². The maximum Gasteiger partial charge on any atom is 0.215 e. The molecule has 1 aromatic carbocycles. The summed E-state index contributed by atoms with van der Waals surface area (Å²) >= 11 is 1.48. The third-order valence-electron chi connectivity index (χ3n) is 3.63. The van der Waals surface area contributed by atoms with Crippen LogP contribution in [0.5, 0.6) is 0 Å². The molecule has 0 aliphatic carbocycles. The van der Waals surface area contributed by atoms with E-state index in [0.29, 0.717) is 5.76 Å². The first-order valence-corrected chi connectivity index (χ1v) is 9.96. The molecular weight excluding hydrogens is 368 g/mol. The number of hydrogen-bond donors (Lipinski definition) is 1. The highest BCUT2D eigenvalue weighted by atomic mass is 32.2. The second-order valence-electron chi connectivity index (χ2n) is 5.43. The van der Waals surface area contributed by atoms with Crippen LogP contribution in [0.4, 0.5) is 8.78 Å². The Morgan fingerprint density at radius 3 is 2.68 bits per heavy atom. The highest BCUT2D eigenvalue weighted by Crippen LogP contribution is 2.28. The summed E-state index contributed by atoms with van der Waals surface area (Å²) in [7, 11) is -3.84. The summed E-state index contributed by atoms with van der Waals surface area (Å²) in [6.07, 6.45) is 1.52. The van der Waals surface area contributed by atoms with Crippen molar-refractivity contribution < 1.29 is 21.6 Å². The zero-order chi connectivity index (χ0) is 17.9. The van der Waals surface area contributed by atoms with Crippen LogP contribution in [0, 0.1) is 11.6 Å². The highest BCUT2D eigenvalue weighted by Gasteiger charge is 2.22. The predicted octanol–water partition coefficient (Wildman–Crippen LogP) is 3.87. The number of sulfonamides is 1. The van der Waals surface area contributed by atoms with Crippen LogP contribution in [0.25, 0.3) is 0 Å². The summed E-state index contributed by atoms with van der Waals surface area (Å²) in [5.74, 6) is -1.73. The second-order valence-corrected chi connectivity index (χ2v) is 8.21. The van der Waals surface area contributed by atoms with Crippen molar-refractivity contribution in [1.29, 1.82) is 0 Å². The molecule has 0 radical (unpaired) electrons. The molecular formula is C17H15F2NO3S2. The van der Waals surface area contributed by atoms with Crippen LogP contribution in [-0.4, -0.2) is 15.0 Å². The van der Waals surface area contributed by atoms with Crippen LogP contribution in [0.15, 0.2) is 58.5 Å². The van der Waals surface area contributed by atoms with E-state index in [1.165, 1.54) is 17.6 Å². The molecule has 0 unspecified atom stereocenters. The van der Waals surface area contributed by atoms with Crippen molar-refractivity contribution in [3.8, 4) is 0 Å². The lowest BCUT2D eigenvalue weighted by molar-refractivity contribution is 0.483. The van der Waals surface area contributed by atoms with Gasteiger partial charge in [-0.3, -0.25) is 0 Å². The summed E-state index contributed by atoms with van der Waals surface area (Å²) in [5.41, 5.74) is -0.210. The number of benzene rings is 1. The Hall–Kier alpha value is -2.03. The Morgan fingerprint density at radius 1 is 1.16 bits per heavy atom. The lowest BCUT2D eigenvalue weighted by Crippen LogP contribution is -2.30. The molecule has 0 saturated heterocycles. The molecule has 0 bridgehead atoms. The van der Waals surface area contributed by atoms with Gasteiger partial charge in [0.15, 0.2) is 0 Å². The summed E-state index contributed by atoms with van der Waals surface area (Å²) in [6.45, 7) is 0.0628. The number of nitrogens with one attached hydrogen (secondary N) is 1. The van der Waals surface area contributed by atoms with E-state index in [0.717, 1.165) is 23.1 Å². The fourth-order valence-corrected chi connectivity index (χ4v) is 4.43. The molecule has 132 valence electrons. The largest absolute Gasteiger partial charge is 0.469 e. The van der Waals surface area contributed by atoms with E-state index in [1.807, 2.05) is 17.5 Å². The first-order chi connectivity index (χ1) is 11.9. The number of furan rings is 1. The summed E-state index contributed by atoms with van der Waals surface area (Å²) in [5, 5.41) is 1.89. The quantitative estimate of drug-likeness (QED) is 0.674. The van der Waals surface area contributed by atoms with Gasteiger partial charge in [0.1, 0.15) is 17.4 Å². The van der Waals surface area contributed by atoms with E-state index in [4.69, 9.17) is 4.42 Å². The summed E-state index contributed by atoms with van der Waals surface area (Å²) in [6, 6.07) is 10.0. The molecule has 0 fully saturated rings. The van der Waals surface area contributed by atoms with Crippen molar-refractivity contribution in [3.63, 3.8) is 0 Å². The van der Waals surface area contributed by atoms with E-state index >= 15 is 0 Å². The Morgan fingerprint density at radius 2 is 2.00 bits per heavy atom. The van der Waals surface area contributed by atoms with Gasteiger partial charge < -0.3 is 4.42 Å². The normalized spacial score (nSPS) is 13.0. The van der Waals surface area contributed by atoms with E-state index in [-0.39, 0.29) is 18.0 Å². The fourth-order valence-electron chi connectivity index (χ4n) is 2.44. The minimum Gasteiger partial charge on any atom is -0.469 e. The van der Waals surface area contributed by atoms with Gasteiger partial charge in [-0.05, 0) is 41.8 Å². The van der Waals surface area contributed by atoms with Crippen molar-refractivity contribution in [2.45, 2.75) is 11.7 Å². The lowest BCUT2D eigenvalue weighted by Gasteiger charge is -2.14. The number of rotatable bonds is 7. The predicted molar refractivity (Wildman–Crippen MR) is 91.9 cm³/mol. The molecule has 0 aliphatic rings. The van der Waals surface area contributed by atoms with Gasteiger partial charge in [-0.15, -0.1) is 11.3 Å². The molecule has 0 amide bonds. The molecule has 25 heavy (non-hydrogen) atoms. The van der Waals surface area contributed by atoms with Crippen molar-refractivity contribution in [2.75, 3.05) is 6.54 Å². The van der Waals surface area contributed by atoms with Crippen LogP contribution >= 0.6 is 11.3 Å². The molecule has 8 heteroatoms. The first-order valence-electron chi connectivity index (χ1n) is 7.43. The first kappa shape index (κ1) is 17.8. The van der Waals surface area contributed by atoms with Crippen molar-refractivity contribution in [1.82, 2.24) is 4.72 Å². The average Bonchev–Trinajstić information content (AvgIpc) is 3.25. The Labute approximate surface area is 148 Å². The molecule has 1 atom stereocenters. The monoisotopic (exact) mass is 383 g/mol. The Bertz CT molecular complexity index is 889. The van der Waals surface area contributed by atoms with E-state index in [2.05, 4.69) is 4.72 Å². The minimum atomic E-state index is -3.84. The highest BCUT2D eigenvalue weighted by molar-refractivity contribution is 7.88. The van der Waals surface area contributed by atoms with Crippen LogP contribution in [0.1, 0.15) is 22.1 Å². The molecule has 2 aromatic heterocycles. The number of thiophene rings is 1. The van der Waals surface area contributed by atoms with Gasteiger partial charge in [0.05, 0.1) is 17.9 Å². The summed E-state index contributed by atoms with van der Waals surface area (Å²) in [4.78, 5) is 0.939. The van der Waals surface area contributed by atoms with Gasteiger partial charge in [-0.1, -0.05) is 6.07 Å². The molecule has 3 aromatic rings. The fraction of sp³-hybridized carbons (Fsp3) is 0.176. The SMILES string of the molecule is O=S(=O)(Cc1cc(F)ccc1F)NC[C@H](c1ccco1)c1cccs1. The maximum absolute atomic E-state index is 13.7. The molecule has 0 aliphatic heterocycles. The average molecular weight is 383 g/mol. The van der Waals surface area contributed by atoms with E-state index < -0.39 is 27.4 Å². The van der Waals surface area contributed by atoms with Crippen molar-refractivity contribution in [3.05, 3.63) is 81.9 Å². The van der Waals surface area contributed by atoms with Gasteiger partial charge >= 0.3 is 0 Å². The van der Waals surface area contributed by atoms with Gasteiger partial charge in [0.2, 0.25) is 10.0 Å². The Kier molecular flexibility index (Phi) is 5.31. The zero-order valence-corrected chi connectivity index (χ0v) is 14.6. The van der Waals surface area contributed by atoms with Crippen molar-refractivity contribution >= 4 is 21.4 Å². The molecule has 3 rings (SSSR count). The maximum atomic E-state index is 13.7. The molecule has 2 heterocycles. The number of hydrogen-bond acceptors (Lipinski definition) is 4. The Balaban J connectivity index is 1.75. The lowest BCUT2D eigenvalue weighted by atomic mass is 10.1. The van der Waals surface area contributed by atoms with Crippen LogP contribution < -0.4 is 4.72 Å². The van der Waals surface area contributed by atoms with Gasteiger partial charge in [-0.25, -0.2) is 21.9 Å². The van der Waals surface area contributed by atoms with Crippen LogP contribution in [0.2, 0.25) is 0 Å². The smallest absolute Gasteiger partial charge is 0.215 e. The summed E-state index contributed by atoms with van der Waals surface area (Å²) < 4.78 is 59.3. The van der Waals surface area contributed by atoms with Crippen LogP contribution in [-0.2, 0) is 15.8 Å². The van der Waals surface area contributed by atoms with Crippen LogP contribution in [0.3, 0.4) is 0 Å². The van der Waals surface area contributed by atoms with E-state index in [9.17, 15) is 17.2 Å². The molecule has 0 spiro atoms. The minimum absolute atomic E-state index is 0.0628. The van der Waals surface area contributed by atoms with Gasteiger partial charge in [0.25, 0.3) is 0 Å². The second kappa shape index (κ2) is 7.47. The zero-order valence-electron chi connectivity index (χ0n) is 13.0. The molecule has 0 saturated carbocycles. The molecule has 4 nitrogen and oxygen atoms in total.